The highest BCUT2D eigenvalue weighted by Gasteiger charge is 2.56. The van der Waals surface area contributed by atoms with Crippen molar-refractivity contribution in [2.75, 3.05) is 13.2 Å². The topological polar surface area (TPSA) is 21.3 Å². The Hall–Kier alpha value is -0.0800. The molecule has 2 atom stereocenters. The maximum Gasteiger partial charge on any atom is 0.0661 e. The van der Waals surface area contributed by atoms with Gasteiger partial charge < -0.3 is 10.1 Å². The molecule has 18 heavy (non-hydrogen) atoms. The summed E-state index contributed by atoms with van der Waals surface area (Å²) in [5.74, 6) is 0.995. The number of ether oxygens (including phenoxy) is 1. The second kappa shape index (κ2) is 5.50. The highest BCUT2D eigenvalue weighted by molar-refractivity contribution is 5.09. The molecule has 0 radical (unpaired) electrons. The van der Waals surface area contributed by atoms with Gasteiger partial charge in [-0.1, -0.05) is 39.0 Å². The minimum absolute atomic E-state index is 0.523. The number of hydrogen-bond acceptors (Lipinski definition) is 2. The Kier molecular flexibility index (Phi) is 3.95. The van der Waals surface area contributed by atoms with Crippen molar-refractivity contribution in [1.29, 1.82) is 0 Å². The van der Waals surface area contributed by atoms with E-state index in [1.165, 1.54) is 57.8 Å². The quantitative estimate of drug-likeness (QED) is 0.780. The molecule has 1 N–H and O–H groups in total. The van der Waals surface area contributed by atoms with Gasteiger partial charge in [0.2, 0.25) is 0 Å². The van der Waals surface area contributed by atoms with Crippen molar-refractivity contribution in [2.24, 2.45) is 11.3 Å². The van der Waals surface area contributed by atoms with Crippen molar-refractivity contribution in [1.82, 2.24) is 5.32 Å². The van der Waals surface area contributed by atoms with Crippen LogP contribution in [0.15, 0.2) is 0 Å². The normalized spacial score (nSPS) is 34.5. The maximum atomic E-state index is 6.26. The van der Waals surface area contributed by atoms with Crippen LogP contribution in [-0.4, -0.2) is 25.3 Å². The van der Waals surface area contributed by atoms with Gasteiger partial charge in [0.25, 0.3) is 0 Å². The standard InChI is InChI=1S/C16H29NO/c1-2-17-14-12-15(16(14)9-3-4-10-16)18-11-8-13-6-5-7-13/h13-15,17H,2-12H2,1H3. The highest BCUT2D eigenvalue weighted by Crippen LogP contribution is 2.54. The average molecular weight is 251 g/mol. The molecule has 104 valence electrons. The van der Waals surface area contributed by atoms with Gasteiger partial charge >= 0.3 is 0 Å². The lowest BCUT2D eigenvalue weighted by molar-refractivity contribution is -0.136. The number of rotatable bonds is 6. The van der Waals surface area contributed by atoms with E-state index in [0.29, 0.717) is 11.5 Å². The molecule has 0 heterocycles. The summed E-state index contributed by atoms with van der Waals surface area (Å²) in [6.45, 7) is 4.37. The lowest BCUT2D eigenvalue weighted by Gasteiger charge is -2.54. The Bertz CT molecular complexity index is 268. The molecular weight excluding hydrogens is 222 g/mol. The largest absolute Gasteiger partial charge is 0.378 e. The van der Waals surface area contributed by atoms with Crippen molar-refractivity contribution in [2.45, 2.75) is 76.9 Å². The molecule has 3 aliphatic carbocycles. The van der Waals surface area contributed by atoms with Gasteiger partial charge in [0.1, 0.15) is 0 Å². The summed E-state index contributed by atoms with van der Waals surface area (Å²) >= 11 is 0. The first-order chi connectivity index (χ1) is 8.85. The van der Waals surface area contributed by atoms with Gasteiger partial charge in [-0.25, -0.2) is 0 Å². The maximum absolute atomic E-state index is 6.26. The molecule has 0 aromatic rings. The van der Waals surface area contributed by atoms with Gasteiger partial charge in [0, 0.05) is 18.1 Å². The molecule has 3 fully saturated rings. The predicted octanol–water partition coefficient (Wildman–Crippen LogP) is 3.50. The molecule has 3 aliphatic rings. The summed E-state index contributed by atoms with van der Waals surface area (Å²) in [7, 11) is 0. The molecule has 0 aromatic heterocycles. The summed E-state index contributed by atoms with van der Waals surface area (Å²) in [5.41, 5.74) is 0.523. The average Bonchev–Trinajstić information content (AvgIpc) is 2.81. The first kappa shape index (κ1) is 12.9. The van der Waals surface area contributed by atoms with Crippen molar-refractivity contribution < 1.29 is 4.74 Å². The fraction of sp³-hybridized carbons (Fsp3) is 1.00. The molecule has 0 amide bonds. The molecule has 0 bridgehead atoms. The van der Waals surface area contributed by atoms with Crippen molar-refractivity contribution in [3.05, 3.63) is 0 Å². The Morgan fingerprint density at radius 2 is 1.94 bits per heavy atom. The third kappa shape index (κ3) is 2.22. The minimum atomic E-state index is 0.523. The SMILES string of the molecule is CCNC1CC(OCCC2CCC2)C12CCCC2. The summed E-state index contributed by atoms with van der Waals surface area (Å²) in [5, 5.41) is 3.69. The summed E-state index contributed by atoms with van der Waals surface area (Å²) in [4.78, 5) is 0. The van der Waals surface area contributed by atoms with Crippen molar-refractivity contribution >= 4 is 0 Å². The molecule has 0 aromatic carbocycles. The second-order valence-corrected chi connectivity index (χ2v) is 6.73. The number of hydrogen-bond donors (Lipinski definition) is 1. The van der Waals surface area contributed by atoms with Crippen LogP contribution < -0.4 is 5.32 Å². The zero-order valence-electron chi connectivity index (χ0n) is 11.9. The zero-order chi connectivity index (χ0) is 12.4. The number of nitrogens with one attached hydrogen (secondary N) is 1. The Morgan fingerprint density at radius 3 is 2.56 bits per heavy atom. The smallest absolute Gasteiger partial charge is 0.0661 e. The Balaban J connectivity index is 1.46. The molecule has 3 rings (SSSR count). The van der Waals surface area contributed by atoms with E-state index in [1.807, 2.05) is 0 Å². The van der Waals surface area contributed by atoms with Crippen LogP contribution in [0.25, 0.3) is 0 Å². The third-order valence-corrected chi connectivity index (χ3v) is 5.84. The lowest BCUT2D eigenvalue weighted by Crippen LogP contribution is -2.62. The van der Waals surface area contributed by atoms with E-state index in [9.17, 15) is 0 Å². The van der Waals surface area contributed by atoms with Gasteiger partial charge in [0.15, 0.2) is 0 Å². The first-order valence-corrected chi connectivity index (χ1v) is 8.20. The fourth-order valence-corrected chi connectivity index (χ4v) is 4.38. The molecular formula is C16H29NO. The summed E-state index contributed by atoms with van der Waals surface area (Å²) in [6.07, 6.45) is 13.2. The molecule has 3 saturated carbocycles. The van der Waals surface area contributed by atoms with Crippen LogP contribution in [0, 0.1) is 11.3 Å². The van der Waals surface area contributed by atoms with Gasteiger partial charge in [-0.05, 0) is 38.1 Å². The molecule has 2 heteroatoms. The van der Waals surface area contributed by atoms with Crippen LogP contribution in [0.1, 0.15) is 64.7 Å². The fourth-order valence-electron chi connectivity index (χ4n) is 4.38. The van der Waals surface area contributed by atoms with Gasteiger partial charge in [0.05, 0.1) is 6.10 Å². The Morgan fingerprint density at radius 1 is 1.17 bits per heavy atom. The van der Waals surface area contributed by atoms with E-state index < -0.39 is 0 Å². The van der Waals surface area contributed by atoms with Crippen LogP contribution in [0.4, 0.5) is 0 Å². The van der Waals surface area contributed by atoms with Crippen LogP contribution in [0.2, 0.25) is 0 Å². The van der Waals surface area contributed by atoms with Gasteiger partial charge in [-0.15, -0.1) is 0 Å². The van der Waals surface area contributed by atoms with E-state index in [2.05, 4.69) is 12.2 Å². The molecule has 0 aliphatic heterocycles. The lowest BCUT2D eigenvalue weighted by atomic mass is 9.60. The van der Waals surface area contributed by atoms with Crippen LogP contribution in [-0.2, 0) is 4.74 Å². The molecule has 0 saturated heterocycles. The third-order valence-electron chi connectivity index (χ3n) is 5.84. The van der Waals surface area contributed by atoms with E-state index in [4.69, 9.17) is 4.74 Å². The van der Waals surface area contributed by atoms with E-state index in [-0.39, 0.29) is 0 Å². The summed E-state index contributed by atoms with van der Waals surface area (Å²) in [6, 6.07) is 0.749. The van der Waals surface area contributed by atoms with E-state index in [1.54, 1.807) is 0 Å². The van der Waals surface area contributed by atoms with Gasteiger partial charge in [-0.3, -0.25) is 0 Å². The Labute approximate surface area is 112 Å². The minimum Gasteiger partial charge on any atom is -0.378 e. The van der Waals surface area contributed by atoms with Crippen molar-refractivity contribution in [3.8, 4) is 0 Å². The van der Waals surface area contributed by atoms with Crippen LogP contribution in [0.5, 0.6) is 0 Å². The first-order valence-electron chi connectivity index (χ1n) is 8.20. The van der Waals surface area contributed by atoms with Crippen LogP contribution in [0.3, 0.4) is 0 Å². The zero-order valence-corrected chi connectivity index (χ0v) is 11.9. The highest BCUT2D eigenvalue weighted by atomic mass is 16.5. The van der Waals surface area contributed by atoms with E-state index in [0.717, 1.165) is 25.1 Å². The summed E-state index contributed by atoms with van der Waals surface area (Å²) < 4.78 is 6.26. The molecule has 1 spiro atoms. The molecule has 2 nitrogen and oxygen atoms in total. The second-order valence-electron chi connectivity index (χ2n) is 6.73. The van der Waals surface area contributed by atoms with Gasteiger partial charge in [-0.2, -0.15) is 0 Å². The monoisotopic (exact) mass is 251 g/mol. The molecule has 2 unspecified atom stereocenters. The van der Waals surface area contributed by atoms with Crippen LogP contribution >= 0.6 is 0 Å². The van der Waals surface area contributed by atoms with E-state index >= 15 is 0 Å². The predicted molar refractivity (Wildman–Crippen MR) is 74.7 cm³/mol. The van der Waals surface area contributed by atoms with Crippen molar-refractivity contribution in [3.63, 3.8) is 0 Å².